The highest BCUT2D eigenvalue weighted by Gasteiger charge is 2.32. The Morgan fingerprint density at radius 1 is 0.944 bits per heavy atom. The number of hydrogen-bond acceptors (Lipinski definition) is 0. The molecule has 1 nitrogen and oxygen atoms in total. The van der Waals surface area contributed by atoms with Crippen molar-refractivity contribution in [2.75, 3.05) is 0 Å². The maximum absolute atomic E-state index is 12.5. The molecule has 0 radical (unpaired) electrons. The van der Waals surface area contributed by atoms with Crippen LogP contribution in [0.1, 0.15) is 5.56 Å². The molecule has 0 saturated carbocycles. The maximum Gasteiger partial charge on any atom is 0.416 e. The number of halogens is 6. The highest BCUT2D eigenvalue weighted by atomic mass is 35.5. The number of H-pyrrole nitrogens is 1. The van der Waals surface area contributed by atoms with Gasteiger partial charge in [0.05, 0.1) is 20.6 Å². The summed E-state index contributed by atoms with van der Waals surface area (Å²) < 4.78 is 37.6. The molecule has 0 bridgehead atoms. The Labute approximate surface area is 115 Å². The number of rotatable bonds is 1. The molecule has 96 valence electrons. The van der Waals surface area contributed by atoms with E-state index in [4.69, 9.17) is 34.8 Å². The summed E-state index contributed by atoms with van der Waals surface area (Å²) in [5.74, 6) is 0. The molecule has 0 amide bonds. The van der Waals surface area contributed by atoms with Crippen molar-refractivity contribution in [1.82, 2.24) is 4.98 Å². The van der Waals surface area contributed by atoms with E-state index < -0.39 is 11.7 Å². The van der Waals surface area contributed by atoms with Crippen molar-refractivity contribution >= 4 is 34.8 Å². The van der Waals surface area contributed by atoms with Crippen LogP contribution in [0.4, 0.5) is 13.2 Å². The van der Waals surface area contributed by atoms with E-state index in [1.165, 1.54) is 12.3 Å². The second kappa shape index (κ2) is 4.68. The molecule has 1 aromatic carbocycles. The van der Waals surface area contributed by atoms with E-state index in [-0.39, 0.29) is 10.0 Å². The minimum atomic E-state index is -4.49. The van der Waals surface area contributed by atoms with Gasteiger partial charge in [0.15, 0.2) is 0 Å². The summed E-state index contributed by atoms with van der Waals surface area (Å²) in [5, 5.41) is 0.235. The zero-order valence-corrected chi connectivity index (χ0v) is 10.8. The molecule has 0 aliphatic carbocycles. The monoisotopic (exact) mass is 313 g/mol. The molecule has 1 N–H and O–H groups in total. The average molecular weight is 315 g/mol. The normalized spacial score (nSPS) is 11.9. The van der Waals surface area contributed by atoms with E-state index in [2.05, 4.69) is 4.98 Å². The van der Waals surface area contributed by atoms with Crippen molar-refractivity contribution in [3.63, 3.8) is 0 Å². The van der Waals surface area contributed by atoms with Crippen molar-refractivity contribution in [1.29, 1.82) is 0 Å². The van der Waals surface area contributed by atoms with Gasteiger partial charge in [0.2, 0.25) is 0 Å². The quantitative estimate of drug-likeness (QED) is 0.699. The number of hydrogen-bond donors (Lipinski definition) is 1. The van der Waals surface area contributed by atoms with Crippen molar-refractivity contribution in [3.05, 3.63) is 45.0 Å². The first-order chi connectivity index (χ1) is 8.29. The number of nitrogens with one attached hydrogen (secondary N) is 1. The third-order valence-corrected chi connectivity index (χ3v) is 3.10. The molecule has 7 heteroatoms. The van der Waals surface area contributed by atoms with Crippen LogP contribution < -0.4 is 0 Å². The Morgan fingerprint density at radius 2 is 1.50 bits per heavy atom. The largest absolute Gasteiger partial charge is 0.416 e. The lowest BCUT2D eigenvalue weighted by atomic mass is 10.1. The van der Waals surface area contributed by atoms with Crippen LogP contribution in [-0.2, 0) is 6.18 Å². The molecule has 2 rings (SSSR count). The smallest absolute Gasteiger partial charge is 0.360 e. The summed E-state index contributed by atoms with van der Waals surface area (Å²) in [5.41, 5.74) is -0.138. The van der Waals surface area contributed by atoms with Gasteiger partial charge in [0.25, 0.3) is 0 Å². The molecule has 1 heterocycles. The number of benzene rings is 1. The Hall–Kier alpha value is -0.840. The SMILES string of the molecule is FC(F)(F)c1cc(Cl)c(-c2cc(Cl)c[nH]2)c(Cl)c1. The summed E-state index contributed by atoms with van der Waals surface area (Å²) in [6.45, 7) is 0. The highest BCUT2D eigenvalue weighted by molar-refractivity contribution is 6.39. The van der Waals surface area contributed by atoms with E-state index in [9.17, 15) is 13.2 Å². The van der Waals surface area contributed by atoms with Gasteiger partial charge in [-0.3, -0.25) is 0 Å². The van der Waals surface area contributed by atoms with Gasteiger partial charge < -0.3 is 4.98 Å². The molecular formula is C11H5Cl3F3N. The Balaban J connectivity index is 2.58. The Kier molecular flexibility index (Phi) is 3.54. The molecular weight excluding hydrogens is 309 g/mol. The maximum atomic E-state index is 12.5. The number of alkyl halides is 3. The van der Waals surface area contributed by atoms with Gasteiger partial charge in [-0.05, 0) is 18.2 Å². The molecule has 0 fully saturated rings. The summed E-state index contributed by atoms with van der Waals surface area (Å²) in [7, 11) is 0. The third kappa shape index (κ3) is 2.60. The predicted molar refractivity (Wildman–Crippen MR) is 66.3 cm³/mol. The minimum Gasteiger partial charge on any atom is -0.360 e. The van der Waals surface area contributed by atoms with Crippen LogP contribution in [0.3, 0.4) is 0 Å². The zero-order valence-electron chi connectivity index (χ0n) is 8.58. The molecule has 18 heavy (non-hydrogen) atoms. The lowest BCUT2D eigenvalue weighted by Gasteiger charge is -2.11. The summed E-state index contributed by atoms with van der Waals surface area (Å²) in [4.78, 5) is 2.78. The molecule has 0 saturated heterocycles. The predicted octanol–water partition coefficient (Wildman–Crippen LogP) is 5.66. The zero-order chi connectivity index (χ0) is 13.5. The van der Waals surface area contributed by atoms with Crippen molar-refractivity contribution in [2.24, 2.45) is 0 Å². The molecule has 0 aliphatic rings. The fourth-order valence-corrected chi connectivity index (χ4v) is 2.36. The van der Waals surface area contributed by atoms with Crippen LogP contribution in [0.25, 0.3) is 11.3 Å². The molecule has 0 aliphatic heterocycles. The second-order valence-corrected chi connectivity index (χ2v) is 4.80. The Bertz CT molecular complexity index is 566. The van der Waals surface area contributed by atoms with Gasteiger partial charge in [0.1, 0.15) is 0 Å². The van der Waals surface area contributed by atoms with Crippen molar-refractivity contribution in [3.8, 4) is 11.3 Å². The first kappa shape index (κ1) is 13.6. The third-order valence-electron chi connectivity index (χ3n) is 2.29. The fraction of sp³-hybridized carbons (Fsp3) is 0.0909. The van der Waals surface area contributed by atoms with Gasteiger partial charge in [0, 0.05) is 17.5 Å². The minimum absolute atomic E-state index is 0.0895. The fourth-order valence-electron chi connectivity index (χ4n) is 1.51. The Morgan fingerprint density at radius 3 is 1.89 bits per heavy atom. The van der Waals surface area contributed by atoms with Gasteiger partial charge >= 0.3 is 6.18 Å². The van der Waals surface area contributed by atoms with Crippen LogP contribution in [0.5, 0.6) is 0 Å². The standard InChI is InChI=1S/C11H5Cl3F3N/c12-6-3-9(18-4-6)10-7(13)1-5(2-8(10)14)11(15,16)17/h1-4,18H. The van der Waals surface area contributed by atoms with E-state index in [1.807, 2.05) is 0 Å². The lowest BCUT2D eigenvalue weighted by Crippen LogP contribution is -2.05. The van der Waals surface area contributed by atoms with Crippen LogP contribution in [0, 0.1) is 0 Å². The molecule has 0 atom stereocenters. The summed E-state index contributed by atoms with van der Waals surface area (Å²) in [6, 6.07) is 3.19. The van der Waals surface area contributed by atoms with Crippen LogP contribution in [0.2, 0.25) is 15.1 Å². The molecule has 0 spiro atoms. The molecule has 0 unspecified atom stereocenters. The van der Waals surface area contributed by atoms with Crippen molar-refractivity contribution < 1.29 is 13.2 Å². The van der Waals surface area contributed by atoms with E-state index >= 15 is 0 Å². The summed E-state index contributed by atoms with van der Waals surface area (Å²) >= 11 is 17.4. The first-order valence-electron chi connectivity index (χ1n) is 4.69. The van der Waals surface area contributed by atoms with Gasteiger partial charge in [-0.1, -0.05) is 34.8 Å². The van der Waals surface area contributed by atoms with Gasteiger partial charge in [-0.2, -0.15) is 13.2 Å². The summed E-state index contributed by atoms with van der Waals surface area (Å²) in [6.07, 6.45) is -3.00. The molecule has 1 aromatic heterocycles. The highest BCUT2D eigenvalue weighted by Crippen LogP contribution is 2.40. The van der Waals surface area contributed by atoms with Crippen molar-refractivity contribution in [2.45, 2.75) is 6.18 Å². The van der Waals surface area contributed by atoms with E-state index in [0.29, 0.717) is 16.3 Å². The average Bonchev–Trinajstić information content (AvgIpc) is 2.62. The van der Waals surface area contributed by atoms with Crippen LogP contribution in [-0.4, -0.2) is 4.98 Å². The lowest BCUT2D eigenvalue weighted by molar-refractivity contribution is -0.137. The van der Waals surface area contributed by atoms with E-state index in [0.717, 1.165) is 12.1 Å². The van der Waals surface area contributed by atoms with Gasteiger partial charge in [-0.25, -0.2) is 0 Å². The topological polar surface area (TPSA) is 15.8 Å². The van der Waals surface area contributed by atoms with Crippen LogP contribution in [0.15, 0.2) is 24.4 Å². The molecule has 2 aromatic rings. The number of aromatic nitrogens is 1. The number of aromatic amines is 1. The first-order valence-corrected chi connectivity index (χ1v) is 5.83. The van der Waals surface area contributed by atoms with Gasteiger partial charge in [-0.15, -0.1) is 0 Å². The van der Waals surface area contributed by atoms with E-state index in [1.54, 1.807) is 0 Å². The second-order valence-electron chi connectivity index (χ2n) is 3.54. The van der Waals surface area contributed by atoms with Crippen LogP contribution >= 0.6 is 34.8 Å².